The van der Waals surface area contributed by atoms with Crippen molar-refractivity contribution in [3.8, 4) is 17.2 Å². The second kappa shape index (κ2) is 10.3. The molecule has 0 spiro atoms. The molecular weight excluding hydrogens is 300 g/mol. The van der Waals surface area contributed by atoms with E-state index >= 15 is 0 Å². The Labute approximate surface area is 137 Å². The first-order valence-electron chi connectivity index (χ1n) is 8.09. The molecule has 130 valence electrons. The van der Waals surface area contributed by atoms with Crippen LogP contribution in [-0.2, 0) is 14.2 Å². The van der Waals surface area contributed by atoms with Crippen LogP contribution in [0.3, 0.4) is 0 Å². The summed E-state index contributed by atoms with van der Waals surface area (Å²) in [7, 11) is 0. The van der Waals surface area contributed by atoms with E-state index in [0.717, 1.165) is 30.3 Å². The zero-order valence-corrected chi connectivity index (χ0v) is 13.9. The van der Waals surface area contributed by atoms with Gasteiger partial charge in [0.2, 0.25) is 6.79 Å². The van der Waals surface area contributed by atoms with Crippen molar-refractivity contribution in [2.45, 2.75) is 26.4 Å². The summed E-state index contributed by atoms with van der Waals surface area (Å²) in [5.74, 6) is 2.27. The summed E-state index contributed by atoms with van der Waals surface area (Å²) in [5.41, 5.74) is 0. The van der Waals surface area contributed by atoms with Gasteiger partial charge in [0.25, 0.3) is 0 Å². The fourth-order valence-corrected chi connectivity index (χ4v) is 2.07. The Hall–Kier alpha value is -1.50. The van der Waals surface area contributed by atoms with Crippen molar-refractivity contribution < 1.29 is 28.4 Å². The average molecular weight is 326 g/mol. The second-order valence-corrected chi connectivity index (χ2v) is 5.14. The van der Waals surface area contributed by atoms with Crippen LogP contribution in [0.4, 0.5) is 0 Å². The van der Waals surface area contributed by atoms with Crippen molar-refractivity contribution in [3.05, 3.63) is 18.2 Å². The minimum atomic E-state index is 0.125. The molecule has 6 nitrogen and oxygen atoms in total. The van der Waals surface area contributed by atoms with Gasteiger partial charge < -0.3 is 28.4 Å². The second-order valence-electron chi connectivity index (χ2n) is 5.14. The molecule has 0 saturated heterocycles. The van der Waals surface area contributed by atoms with E-state index in [1.54, 1.807) is 0 Å². The van der Waals surface area contributed by atoms with E-state index < -0.39 is 0 Å². The van der Waals surface area contributed by atoms with E-state index in [2.05, 4.69) is 0 Å². The Morgan fingerprint density at radius 2 is 1.78 bits per heavy atom. The van der Waals surface area contributed by atoms with Crippen LogP contribution in [0.25, 0.3) is 0 Å². The lowest BCUT2D eigenvalue weighted by molar-refractivity contribution is -0.00987. The van der Waals surface area contributed by atoms with E-state index in [4.69, 9.17) is 28.4 Å². The van der Waals surface area contributed by atoms with Gasteiger partial charge in [-0.05, 0) is 26.0 Å². The first kappa shape index (κ1) is 17.8. The molecule has 1 aliphatic heterocycles. The highest BCUT2D eigenvalue weighted by molar-refractivity contribution is 5.46. The Bertz CT molecular complexity index is 451. The van der Waals surface area contributed by atoms with Gasteiger partial charge in [0, 0.05) is 19.1 Å². The van der Waals surface area contributed by atoms with Crippen molar-refractivity contribution in [1.29, 1.82) is 0 Å². The van der Waals surface area contributed by atoms with Gasteiger partial charge in [0.1, 0.15) is 5.75 Å². The Morgan fingerprint density at radius 3 is 2.65 bits per heavy atom. The predicted octanol–water partition coefficient (Wildman–Crippen LogP) is 2.64. The maximum Gasteiger partial charge on any atom is 0.231 e. The highest BCUT2D eigenvalue weighted by Gasteiger charge is 2.13. The number of hydrogen-bond acceptors (Lipinski definition) is 6. The van der Waals surface area contributed by atoms with Crippen molar-refractivity contribution in [3.63, 3.8) is 0 Å². The van der Waals surface area contributed by atoms with Gasteiger partial charge in [-0.1, -0.05) is 0 Å². The lowest BCUT2D eigenvalue weighted by atomic mass is 10.3. The van der Waals surface area contributed by atoms with Gasteiger partial charge in [-0.15, -0.1) is 0 Å². The lowest BCUT2D eigenvalue weighted by Crippen LogP contribution is -2.17. The molecule has 23 heavy (non-hydrogen) atoms. The zero-order chi connectivity index (χ0) is 16.3. The molecule has 0 amide bonds. The first-order chi connectivity index (χ1) is 11.3. The minimum Gasteiger partial charge on any atom is -0.493 e. The standard InChI is InChI=1S/C17H26O6/c1-3-18-8-9-19-10-11-20-14(2)6-7-21-15-4-5-16-17(12-15)23-13-22-16/h4-5,12,14H,3,6-11,13H2,1-2H3. The molecule has 1 aromatic rings. The summed E-state index contributed by atoms with van der Waals surface area (Å²) >= 11 is 0. The SMILES string of the molecule is CCOCCOCCOC(C)CCOc1ccc2c(c1)OCO2. The van der Waals surface area contributed by atoms with Gasteiger partial charge in [-0.2, -0.15) is 0 Å². The van der Waals surface area contributed by atoms with E-state index in [1.807, 2.05) is 32.0 Å². The fraction of sp³-hybridized carbons (Fsp3) is 0.647. The molecule has 2 rings (SSSR count). The van der Waals surface area contributed by atoms with Crippen LogP contribution in [0.5, 0.6) is 17.2 Å². The smallest absolute Gasteiger partial charge is 0.231 e. The lowest BCUT2D eigenvalue weighted by Gasteiger charge is -2.14. The third kappa shape index (κ3) is 6.64. The highest BCUT2D eigenvalue weighted by atomic mass is 16.7. The normalized spacial score (nSPS) is 14.0. The van der Waals surface area contributed by atoms with E-state index in [9.17, 15) is 0 Å². The highest BCUT2D eigenvalue weighted by Crippen LogP contribution is 2.35. The van der Waals surface area contributed by atoms with Gasteiger partial charge in [-0.25, -0.2) is 0 Å². The van der Waals surface area contributed by atoms with Crippen LogP contribution in [-0.4, -0.2) is 52.5 Å². The van der Waals surface area contributed by atoms with Gasteiger partial charge in [0.05, 0.1) is 39.1 Å². The minimum absolute atomic E-state index is 0.125. The maximum atomic E-state index is 5.71. The fourth-order valence-electron chi connectivity index (χ4n) is 2.07. The monoisotopic (exact) mass is 326 g/mol. The maximum absolute atomic E-state index is 5.71. The summed E-state index contributed by atoms with van der Waals surface area (Å²) in [6.45, 7) is 7.99. The van der Waals surface area contributed by atoms with Gasteiger partial charge in [-0.3, -0.25) is 0 Å². The Kier molecular flexibility index (Phi) is 8.00. The zero-order valence-electron chi connectivity index (χ0n) is 13.9. The molecule has 0 aromatic heterocycles. The van der Waals surface area contributed by atoms with Crippen LogP contribution < -0.4 is 14.2 Å². The quantitative estimate of drug-likeness (QED) is 0.550. The van der Waals surface area contributed by atoms with Crippen LogP contribution in [0.15, 0.2) is 18.2 Å². The van der Waals surface area contributed by atoms with Gasteiger partial charge in [0.15, 0.2) is 11.5 Å². The molecule has 1 aliphatic rings. The summed E-state index contributed by atoms with van der Waals surface area (Å²) in [5, 5.41) is 0. The van der Waals surface area contributed by atoms with Crippen LogP contribution in [0.2, 0.25) is 0 Å². The van der Waals surface area contributed by atoms with Crippen LogP contribution in [0, 0.1) is 0 Å². The predicted molar refractivity (Wildman–Crippen MR) is 85.4 cm³/mol. The summed E-state index contributed by atoms with van der Waals surface area (Å²) in [4.78, 5) is 0. The summed E-state index contributed by atoms with van der Waals surface area (Å²) in [6, 6.07) is 5.59. The molecule has 1 atom stereocenters. The molecule has 1 aromatic carbocycles. The topological polar surface area (TPSA) is 55.4 Å². The molecule has 0 bridgehead atoms. The average Bonchev–Trinajstić information content (AvgIpc) is 3.02. The number of ether oxygens (including phenoxy) is 6. The van der Waals surface area contributed by atoms with E-state index in [1.165, 1.54) is 0 Å². The molecule has 0 N–H and O–H groups in total. The number of hydrogen-bond donors (Lipinski definition) is 0. The summed E-state index contributed by atoms with van der Waals surface area (Å²) < 4.78 is 32.5. The third-order valence-electron chi connectivity index (χ3n) is 3.34. The number of rotatable bonds is 12. The van der Waals surface area contributed by atoms with Crippen molar-refractivity contribution >= 4 is 0 Å². The molecule has 6 heteroatoms. The molecular formula is C17H26O6. The molecule has 0 aliphatic carbocycles. The largest absolute Gasteiger partial charge is 0.493 e. The first-order valence-corrected chi connectivity index (χ1v) is 8.09. The van der Waals surface area contributed by atoms with Gasteiger partial charge >= 0.3 is 0 Å². The molecule has 1 unspecified atom stereocenters. The van der Waals surface area contributed by atoms with Crippen molar-refractivity contribution in [1.82, 2.24) is 0 Å². The molecule has 0 saturated carbocycles. The van der Waals surface area contributed by atoms with E-state index in [-0.39, 0.29) is 12.9 Å². The molecule has 1 heterocycles. The van der Waals surface area contributed by atoms with Crippen LogP contribution in [0.1, 0.15) is 20.3 Å². The van der Waals surface area contributed by atoms with Crippen LogP contribution >= 0.6 is 0 Å². The molecule has 0 fully saturated rings. The number of benzene rings is 1. The third-order valence-corrected chi connectivity index (χ3v) is 3.34. The Morgan fingerprint density at radius 1 is 1.00 bits per heavy atom. The van der Waals surface area contributed by atoms with E-state index in [0.29, 0.717) is 33.0 Å². The molecule has 0 radical (unpaired) electrons. The van der Waals surface area contributed by atoms with Crippen molar-refractivity contribution in [2.24, 2.45) is 0 Å². The Balaban J connectivity index is 1.50. The van der Waals surface area contributed by atoms with Crippen molar-refractivity contribution in [2.75, 3.05) is 46.4 Å². The summed E-state index contributed by atoms with van der Waals surface area (Å²) in [6.07, 6.45) is 0.937. The number of fused-ring (bicyclic) bond motifs is 1.